The third-order valence-electron chi connectivity index (χ3n) is 2.42. The predicted octanol–water partition coefficient (Wildman–Crippen LogP) is 0.380. The fourth-order valence-electron chi connectivity index (χ4n) is 1.85. The molecule has 0 bridgehead atoms. The molecule has 18 heavy (non-hydrogen) atoms. The summed E-state index contributed by atoms with van der Waals surface area (Å²) >= 11 is 0. The van der Waals surface area contributed by atoms with Gasteiger partial charge in [0.25, 0.3) is 0 Å². The number of rotatable bonds is 7. The fourth-order valence-corrected chi connectivity index (χ4v) is 1.85. The van der Waals surface area contributed by atoms with Crippen molar-refractivity contribution in [3.63, 3.8) is 0 Å². The molecule has 0 aliphatic rings. The monoisotopic (exact) mass is 256 g/mol. The summed E-state index contributed by atoms with van der Waals surface area (Å²) in [6, 6.07) is 1.41. The second-order valence-corrected chi connectivity index (χ2v) is 4.90. The average molecular weight is 256 g/mol. The minimum atomic E-state index is -1.01. The van der Waals surface area contributed by atoms with Crippen molar-refractivity contribution in [1.82, 2.24) is 10.2 Å². The maximum atomic E-state index is 10.8. The van der Waals surface area contributed by atoms with Gasteiger partial charge in [0.15, 0.2) is 0 Å². The van der Waals surface area contributed by atoms with Crippen molar-refractivity contribution in [3.05, 3.63) is 23.7 Å². The van der Waals surface area contributed by atoms with Crippen LogP contribution in [0.1, 0.15) is 23.0 Å². The second-order valence-electron chi connectivity index (χ2n) is 4.90. The molecular formula is C12H20N2O4. The van der Waals surface area contributed by atoms with Crippen molar-refractivity contribution in [2.45, 2.75) is 19.1 Å². The number of likely N-dealkylation sites (N-methyl/N-ethyl adjacent to an activating group) is 1. The van der Waals surface area contributed by atoms with Gasteiger partial charge >= 0.3 is 5.97 Å². The Kier molecular flexibility index (Phi) is 4.89. The Morgan fingerprint density at radius 2 is 2.22 bits per heavy atom. The maximum Gasteiger partial charge on any atom is 0.339 e. The van der Waals surface area contributed by atoms with Gasteiger partial charge in [0, 0.05) is 13.1 Å². The molecule has 1 aromatic heterocycles. The molecule has 1 unspecified atom stereocenters. The predicted molar refractivity (Wildman–Crippen MR) is 66.6 cm³/mol. The molecular weight excluding hydrogens is 236 g/mol. The number of carbonyl (C=O) groups is 1. The molecule has 0 saturated carbocycles. The minimum absolute atomic E-state index is 0.148. The van der Waals surface area contributed by atoms with E-state index in [1.807, 2.05) is 19.0 Å². The van der Waals surface area contributed by atoms with Crippen LogP contribution in [-0.4, -0.2) is 53.9 Å². The topological polar surface area (TPSA) is 85.9 Å². The molecule has 3 N–H and O–H groups in total. The molecule has 0 spiro atoms. The number of hydrogen-bond acceptors (Lipinski definition) is 5. The maximum absolute atomic E-state index is 10.8. The highest BCUT2D eigenvalue weighted by molar-refractivity contribution is 5.88. The Labute approximate surface area is 106 Å². The minimum Gasteiger partial charge on any atom is -0.478 e. The van der Waals surface area contributed by atoms with Gasteiger partial charge in [-0.25, -0.2) is 4.79 Å². The van der Waals surface area contributed by atoms with E-state index in [0.717, 1.165) is 0 Å². The third-order valence-corrected chi connectivity index (χ3v) is 2.42. The number of nitrogens with zero attached hydrogens (tertiary/aromatic N) is 1. The first kappa shape index (κ1) is 14.7. The molecule has 1 rings (SSSR count). The lowest BCUT2D eigenvalue weighted by Crippen LogP contribution is -2.45. The van der Waals surface area contributed by atoms with E-state index < -0.39 is 11.6 Å². The number of nitrogens with one attached hydrogen (secondary N) is 1. The summed E-state index contributed by atoms with van der Waals surface area (Å²) in [5, 5.41) is 21.9. The van der Waals surface area contributed by atoms with Crippen LogP contribution in [0.25, 0.3) is 0 Å². The molecule has 1 aromatic rings. The Morgan fingerprint density at radius 3 is 2.78 bits per heavy atom. The zero-order valence-electron chi connectivity index (χ0n) is 10.9. The van der Waals surface area contributed by atoms with Crippen LogP contribution in [0.15, 0.2) is 16.7 Å². The van der Waals surface area contributed by atoms with E-state index >= 15 is 0 Å². The van der Waals surface area contributed by atoms with Crippen LogP contribution in [-0.2, 0) is 6.54 Å². The van der Waals surface area contributed by atoms with E-state index in [-0.39, 0.29) is 12.1 Å². The van der Waals surface area contributed by atoms with Crippen molar-refractivity contribution in [3.8, 4) is 0 Å². The lowest BCUT2D eigenvalue weighted by molar-refractivity contribution is 0.0332. The molecule has 0 saturated heterocycles. The van der Waals surface area contributed by atoms with Crippen LogP contribution in [0, 0.1) is 0 Å². The van der Waals surface area contributed by atoms with Gasteiger partial charge in [-0.3, -0.25) is 0 Å². The summed E-state index contributed by atoms with van der Waals surface area (Å²) in [7, 11) is 3.76. The molecule has 0 radical (unpaired) electrons. The zero-order chi connectivity index (χ0) is 13.8. The van der Waals surface area contributed by atoms with Crippen molar-refractivity contribution in [1.29, 1.82) is 0 Å². The molecule has 1 heterocycles. The van der Waals surface area contributed by atoms with Gasteiger partial charge in [-0.05, 0) is 27.1 Å². The number of aliphatic hydroxyl groups is 1. The van der Waals surface area contributed by atoms with Gasteiger partial charge in [-0.15, -0.1) is 0 Å². The quantitative estimate of drug-likeness (QED) is 0.654. The van der Waals surface area contributed by atoms with Crippen molar-refractivity contribution < 1.29 is 19.4 Å². The lowest BCUT2D eigenvalue weighted by Gasteiger charge is -2.27. The molecule has 0 aliphatic heterocycles. The van der Waals surface area contributed by atoms with Gasteiger partial charge in [-0.1, -0.05) is 0 Å². The highest BCUT2D eigenvalue weighted by Crippen LogP contribution is 2.10. The van der Waals surface area contributed by atoms with Gasteiger partial charge in [-0.2, -0.15) is 0 Å². The Hall–Kier alpha value is -1.37. The summed E-state index contributed by atoms with van der Waals surface area (Å²) in [4.78, 5) is 12.7. The van der Waals surface area contributed by atoms with Gasteiger partial charge in [0.2, 0.25) is 0 Å². The van der Waals surface area contributed by atoms with Gasteiger partial charge < -0.3 is 24.8 Å². The summed E-state index contributed by atoms with van der Waals surface area (Å²) in [5.41, 5.74) is -0.728. The normalized spacial score (nSPS) is 14.7. The Bertz CT molecular complexity index is 399. The lowest BCUT2D eigenvalue weighted by atomic mass is 10.1. The van der Waals surface area contributed by atoms with E-state index in [1.165, 1.54) is 12.3 Å². The first-order valence-electron chi connectivity index (χ1n) is 5.69. The molecule has 102 valence electrons. The van der Waals surface area contributed by atoms with E-state index in [4.69, 9.17) is 9.52 Å². The summed E-state index contributed by atoms with van der Waals surface area (Å²) < 4.78 is 5.09. The first-order valence-corrected chi connectivity index (χ1v) is 5.69. The van der Waals surface area contributed by atoms with Crippen LogP contribution in [0.2, 0.25) is 0 Å². The molecule has 0 aromatic carbocycles. The van der Waals surface area contributed by atoms with Crippen LogP contribution < -0.4 is 5.32 Å². The molecule has 0 aliphatic carbocycles. The van der Waals surface area contributed by atoms with Crippen molar-refractivity contribution >= 4 is 5.97 Å². The number of carboxylic acids is 1. The van der Waals surface area contributed by atoms with Crippen molar-refractivity contribution in [2.24, 2.45) is 0 Å². The van der Waals surface area contributed by atoms with Crippen LogP contribution in [0.4, 0.5) is 0 Å². The highest BCUT2D eigenvalue weighted by atomic mass is 16.4. The molecule has 1 atom stereocenters. The molecule has 0 amide bonds. The van der Waals surface area contributed by atoms with Gasteiger partial charge in [0.1, 0.15) is 11.3 Å². The number of furan rings is 1. The Morgan fingerprint density at radius 1 is 1.56 bits per heavy atom. The Balaban J connectivity index is 2.46. The fraction of sp³-hybridized carbons (Fsp3) is 0.583. The second kappa shape index (κ2) is 5.99. The zero-order valence-corrected chi connectivity index (χ0v) is 10.9. The van der Waals surface area contributed by atoms with E-state index in [2.05, 4.69) is 5.32 Å². The third kappa shape index (κ3) is 4.48. The van der Waals surface area contributed by atoms with Gasteiger partial charge in [0.05, 0.1) is 18.4 Å². The van der Waals surface area contributed by atoms with E-state index in [0.29, 0.717) is 18.8 Å². The summed E-state index contributed by atoms with van der Waals surface area (Å²) in [5.74, 6) is -0.649. The van der Waals surface area contributed by atoms with E-state index in [9.17, 15) is 9.90 Å². The largest absolute Gasteiger partial charge is 0.478 e. The molecule has 6 nitrogen and oxygen atoms in total. The first-order chi connectivity index (χ1) is 8.32. The smallest absolute Gasteiger partial charge is 0.339 e. The summed E-state index contributed by atoms with van der Waals surface area (Å²) in [6.07, 6.45) is 1.35. The standard InChI is InChI=1S/C12H20N2O4/c1-12(17,8-14(2)3)7-13-6-10-9(11(15)16)4-5-18-10/h4-5,13,17H,6-8H2,1-3H3,(H,15,16). The summed E-state index contributed by atoms with van der Waals surface area (Å²) in [6.45, 7) is 2.87. The number of aromatic carboxylic acids is 1. The van der Waals surface area contributed by atoms with Crippen LogP contribution in [0.5, 0.6) is 0 Å². The van der Waals surface area contributed by atoms with E-state index in [1.54, 1.807) is 6.92 Å². The number of hydrogen-bond donors (Lipinski definition) is 3. The van der Waals surface area contributed by atoms with Crippen LogP contribution in [0.3, 0.4) is 0 Å². The van der Waals surface area contributed by atoms with Crippen molar-refractivity contribution in [2.75, 3.05) is 27.2 Å². The average Bonchev–Trinajstić information content (AvgIpc) is 2.63. The SMILES string of the molecule is CN(C)CC(C)(O)CNCc1occc1C(=O)O. The molecule has 0 fully saturated rings. The molecule has 6 heteroatoms. The highest BCUT2D eigenvalue weighted by Gasteiger charge is 2.21. The number of carboxylic acid groups (broad SMARTS) is 1. The van der Waals surface area contributed by atoms with Crippen LogP contribution >= 0.6 is 0 Å².